The molecule has 16 heavy (non-hydrogen) atoms. The zero-order valence-corrected chi connectivity index (χ0v) is 9.92. The van der Waals surface area contributed by atoms with Crippen LogP contribution in [0.2, 0.25) is 0 Å². The Balaban J connectivity index is 2.13. The van der Waals surface area contributed by atoms with Crippen LogP contribution in [0.25, 0.3) is 0 Å². The van der Waals surface area contributed by atoms with Crippen LogP contribution in [0.4, 0.5) is 5.69 Å². The Labute approximate surface area is 100 Å². The smallest absolute Gasteiger partial charge is 0.184 e. The van der Waals surface area contributed by atoms with Gasteiger partial charge < -0.3 is 10.6 Å². The zero-order valence-electron chi connectivity index (χ0n) is 9.10. The lowest BCUT2D eigenvalue weighted by Gasteiger charge is -2.11. The summed E-state index contributed by atoms with van der Waals surface area (Å²) in [4.78, 5) is 2.25. The van der Waals surface area contributed by atoms with E-state index in [-0.39, 0.29) is 5.11 Å². The van der Waals surface area contributed by atoms with E-state index in [2.05, 4.69) is 46.8 Å². The van der Waals surface area contributed by atoms with E-state index in [0.717, 1.165) is 18.5 Å². The Kier molecular flexibility index (Phi) is 3.05. The first kappa shape index (κ1) is 10.9. The second-order valence-corrected chi connectivity index (χ2v) is 4.23. The van der Waals surface area contributed by atoms with Crippen molar-refractivity contribution in [3.05, 3.63) is 29.3 Å². The van der Waals surface area contributed by atoms with Gasteiger partial charge in [0.1, 0.15) is 0 Å². The normalized spacial score (nSPS) is 14.2. The van der Waals surface area contributed by atoms with Crippen molar-refractivity contribution in [1.29, 1.82) is 0 Å². The summed E-state index contributed by atoms with van der Waals surface area (Å²) in [6.07, 6.45) is 2.81. The van der Waals surface area contributed by atoms with Gasteiger partial charge in [-0.2, -0.15) is 5.10 Å². The summed E-state index contributed by atoms with van der Waals surface area (Å²) in [5.41, 5.74) is 11.5. The van der Waals surface area contributed by atoms with Crippen molar-refractivity contribution in [3.8, 4) is 0 Å². The number of nitrogens with zero attached hydrogens (tertiary/aromatic N) is 2. The summed E-state index contributed by atoms with van der Waals surface area (Å²) in [7, 11) is 2.11. The lowest BCUT2D eigenvalue weighted by molar-refractivity contribution is 0.956. The Morgan fingerprint density at radius 2 is 2.44 bits per heavy atom. The van der Waals surface area contributed by atoms with Crippen LogP contribution in [-0.2, 0) is 6.42 Å². The number of rotatable bonds is 2. The Morgan fingerprint density at radius 3 is 3.19 bits per heavy atom. The quantitative estimate of drug-likeness (QED) is 0.452. The number of nitrogens with one attached hydrogen (secondary N) is 1. The Bertz CT molecular complexity index is 442. The van der Waals surface area contributed by atoms with Crippen molar-refractivity contribution in [3.63, 3.8) is 0 Å². The van der Waals surface area contributed by atoms with Gasteiger partial charge in [-0.15, -0.1) is 0 Å². The zero-order chi connectivity index (χ0) is 11.5. The molecule has 3 N–H and O–H groups in total. The van der Waals surface area contributed by atoms with E-state index in [1.165, 1.54) is 11.3 Å². The number of hydrogen-bond acceptors (Lipinski definition) is 3. The molecule has 0 unspecified atom stereocenters. The highest BCUT2D eigenvalue weighted by atomic mass is 32.1. The highest BCUT2D eigenvalue weighted by molar-refractivity contribution is 7.80. The summed E-state index contributed by atoms with van der Waals surface area (Å²) in [5.74, 6) is 0. The molecule has 1 aromatic carbocycles. The van der Waals surface area contributed by atoms with Gasteiger partial charge in [-0.3, -0.25) is 5.43 Å². The minimum absolute atomic E-state index is 0.178. The van der Waals surface area contributed by atoms with Crippen LogP contribution in [0.3, 0.4) is 0 Å². The molecule has 0 spiro atoms. The molecular weight excluding hydrogens is 220 g/mol. The van der Waals surface area contributed by atoms with Crippen LogP contribution in [0.15, 0.2) is 23.3 Å². The second kappa shape index (κ2) is 4.49. The van der Waals surface area contributed by atoms with Gasteiger partial charge in [0.25, 0.3) is 0 Å². The number of hydrogen-bond donors (Lipinski definition) is 2. The van der Waals surface area contributed by atoms with Gasteiger partial charge in [0, 0.05) is 19.3 Å². The maximum atomic E-state index is 5.26. The van der Waals surface area contributed by atoms with Gasteiger partial charge in [0.15, 0.2) is 5.11 Å². The highest BCUT2D eigenvalue weighted by Gasteiger charge is 2.14. The summed E-state index contributed by atoms with van der Waals surface area (Å²) in [6, 6.07) is 6.29. The van der Waals surface area contributed by atoms with Gasteiger partial charge in [0.2, 0.25) is 0 Å². The van der Waals surface area contributed by atoms with Gasteiger partial charge in [-0.25, -0.2) is 0 Å². The molecule has 5 heteroatoms. The fourth-order valence-corrected chi connectivity index (χ4v) is 1.89. The molecule has 0 aromatic heterocycles. The molecule has 4 nitrogen and oxygen atoms in total. The van der Waals surface area contributed by atoms with E-state index in [4.69, 9.17) is 5.73 Å². The van der Waals surface area contributed by atoms with Crippen molar-refractivity contribution >= 4 is 29.2 Å². The summed E-state index contributed by atoms with van der Waals surface area (Å²) in [5, 5.41) is 4.11. The average molecular weight is 234 g/mol. The predicted molar refractivity (Wildman–Crippen MR) is 70.9 cm³/mol. The predicted octanol–water partition coefficient (Wildman–Crippen LogP) is 0.846. The second-order valence-electron chi connectivity index (χ2n) is 3.79. The van der Waals surface area contributed by atoms with Crippen LogP contribution in [0.1, 0.15) is 11.1 Å². The average Bonchev–Trinajstić information content (AvgIpc) is 2.60. The number of benzene rings is 1. The molecule has 0 atom stereocenters. The lowest BCUT2D eigenvalue weighted by Crippen LogP contribution is -2.23. The summed E-state index contributed by atoms with van der Waals surface area (Å²) < 4.78 is 0. The lowest BCUT2D eigenvalue weighted by atomic mass is 10.1. The van der Waals surface area contributed by atoms with E-state index in [1.807, 2.05) is 6.07 Å². The van der Waals surface area contributed by atoms with Crippen molar-refractivity contribution < 1.29 is 0 Å². The van der Waals surface area contributed by atoms with Gasteiger partial charge in [0.05, 0.1) is 6.21 Å². The SMILES string of the molecule is CN1CCc2cc(C=NNC(N)=S)ccc21. The van der Waals surface area contributed by atoms with E-state index >= 15 is 0 Å². The first-order valence-electron chi connectivity index (χ1n) is 5.09. The Morgan fingerprint density at radius 1 is 1.62 bits per heavy atom. The van der Waals surface area contributed by atoms with Crippen molar-refractivity contribution in [2.75, 3.05) is 18.5 Å². The van der Waals surface area contributed by atoms with E-state index < -0.39 is 0 Å². The molecule has 0 bridgehead atoms. The minimum Gasteiger partial charge on any atom is -0.375 e. The molecule has 1 aliphatic heterocycles. The largest absolute Gasteiger partial charge is 0.375 e. The number of thiocarbonyl (C=S) groups is 1. The van der Waals surface area contributed by atoms with Crippen LogP contribution in [0, 0.1) is 0 Å². The molecule has 1 aliphatic rings. The molecule has 0 radical (unpaired) electrons. The number of likely N-dealkylation sites (N-methyl/N-ethyl adjacent to an activating group) is 1. The minimum atomic E-state index is 0.178. The van der Waals surface area contributed by atoms with Gasteiger partial charge in [-0.05, 0) is 41.9 Å². The monoisotopic (exact) mass is 234 g/mol. The van der Waals surface area contributed by atoms with Gasteiger partial charge in [-0.1, -0.05) is 6.07 Å². The van der Waals surface area contributed by atoms with Crippen LogP contribution in [-0.4, -0.2) is 24.9 Å². The molecular formula is C11H14N4S. The van der Waals surface area contributed by atoms with Gasteiger partial charge >= 0.3 is 0 Å². The third-order valence-electron chi connectivity index (χ3n) is 2.62. The number of nitrogens with two attached hydrogens (primary N) is 1. The molecule has 0 amide bonds. The fraction of sp³-hybridized carbons (Fsp3) is 0.273. The van der Waals surface area contributed by atoms with Crippen LogP contribution < -0.4 is 16.1 Å². The fourth-order valence-electron chi connectivity index (χ4n) is 1.84. The topological polar surface area (TPSA) is 53.6 Å². The number of fused-ring (bicyclic) bond motifs is 1. The third-order valence-corrected chi connectivity index (χ3v) is 2.71. The van der Waals surface area contributed by atoms with Crippen LogP contribution >= 0.6 is 12.2 Å². The van der Waals surface area contributed by atoms with Crippen molar-refractivity contribution in [1.82, 2.24) is 5.43 Å². The molecule has 2 rings (SSSR count). The first-order chi connectivity index (χ1) is 7.66. The molecule has 0 aliphatic carbocycles. The first-order valence-corrected chi connectivity index (χ1v) is 5.50. The maximum Gasteiger partial charge on any atom is 0.184 e. The molecule has 84 valence electrons. The standard InChI is InChI=1S/C11H14N4S/c1-15-5-4-9-6-8(2-3-10(9)15)7-13-14-11(12)16/h2-3,6-7H,4-5H2,1H3,(H3,12,14,16). The molecule has 1 heterocycles. The van der Waals surface area contributed by atoms with Crippen LogP contribution in [0.5, 0.6) is 0 Å². The van der Waals surface area contributed by atoms with E-state index in [0.29, 0.717) is 0 Å². The van der Waals surface area contributed by atoms with Crippen molar-refractivity contribution in [2.24, 2.45) is 10.8 Å². The maximum absolute atomic E-state index is 5.26. The molecule has 0 fully saturated rings. The van der Waals surface area contributed by atoms with E-state index in [9.17, 15) is 0 Å². The molecule has 1 aromatic rings. The summed E-state index contributed by atoms with van der Waals surface area (Å²) >= 11 is 4.65. The number of anilines is 1. The molecule has 0 saturated carbocycles. The number of hydrazone groups is 1. The third kappa shape index (κ3) is 2.30. The van der Waals surface area contributed by atoms with E-state index in [1.54, 1.807) is 6.21 Å². The molecule has 0 saturated heterocycles. The highest BCUT2D eigenvalue weighted by Crippen LogP contribution is 2.26. The van der Waals surface area contributed by atoms with Crippen molar-refractivity contribution in [2.45, 2.75) is 6.42 Å². The summed E-state index contributed by atoms with van der Waals surface area (Å²) in [6.45, 7) is 1.08. The Hall–Kier alpha value is -1.62.